The van der Waals surface area contributed by atoms with Crippen molar-refractivity contribution in [3.63, 3.8) is 0 Å². The highest BCUT2D eigenvalue weighted by molar-refractivity contribution is 7.99. The first kappa shape index (κ1) is 13.7. The van der Waals surface area contributed by atoms with Crippen LogP contribution in [0.4, 0.5) is 0 Å². The van der Waals surface area contributed by atoms with Crippen LogP contribution in [0.1, 0.15) is 26.2 Å². The quantitative estimate of drug-likeness (QED) is 0.677. The molecular weight excluding hydrogens is 252 g/mol. The van der Waals surface area contributed by atoms with Gasteiger partial charge in [0.05, 0.1) is 0 Å². The van der Waals surface area contributed by atoms with Crippen molar-refractivity contribution in [2.45, 2.75) is 37.8 Å². The smallest absolute Gasteiger partial charge is 0.329 e. The maximum atomic E-state index is 11.9. The van der Waals surface area contributed by atoms with Crippen molar-refractivity contribution in [3.05, 3.63) is 0 Å². The minimum absolute atomic E-state index is 0.0904. The molecule has 5 nitrogen and oxygen atoms in total. The van der Waals surface area contributed by atoms with Gasteiger partial charge in [-0.05, 0) is 25.7 Å². The molecule has 1 saturated carbocycles. The molecule has 102 valence electrons. The fourth-order valence-corrected chi connectivity index (χ4v) is 3.26. The summed E-state index contributed by atoms with van der Waals surface area (Å²) in [6.07, 6.45) is 2.14. The minimum Gasteiger partial charge on any atom is -0.480 e. The van der Waals surface area contributed by atoms with Gasteiger partial charge in [-0.25, -0.2) is 4.79 Å². The van der Waals surface area contributed by atoms with Gasteiger partial charge in [0.25, 0.3) is 0 Å². The molecule has 2 fully saturated rings. The molecule has 1 saturated heterocycles. The number of carboxylic acid groups (broad SMARTS) is 1. The Bertz CT molecular complexity index is 340. The van der Waals surface area contributed by atoms with E-state index in [0.717, 1.165) is 30.9 Å². The molecule has 0 aromatic carbocycles. The second-order valence-corrected chi connectivity index (χ2v) is 6.41. The summed E-state index contributed by atoms with van der Waals surface area (Å²) in [7, 11) is 0. The van der Waals surface area contributed by atoms with Crippen molar-refractivity contribution in [3.8, 4) is 0 Å². The first-order valence-corrected chi connectivity index (χ1v) is 7.53. The summed E-state index contributed by atoms with van der Waals surface area (Å²) in [5.74, 6) is 0.997. The van der Waals surface area contributed by atoms with Gasteiger partial charge in [-0.1, -0.05) is 0 Å². The minimum atomic E-state index is -1.08. The lowest BCUT2D eigenvalue weighted by molar-refractivity contribution is -0.148. The Morgan fingerprint density at radius 3 is 2.72 bits per heavy atom. The summed E-state index contributed by atoms with van der Waals surface area (Å²) in [5.41, 5.74) is -1.08. The number of nitrogens with one attached hydrogen (secondary N) is 2. The number of carboxylic acids is 1. The Kier molecular flexibility index (Phi) is 4.17. The lowest BCUT2D eigenvalue weighted by Crippen LogP contribution is -2.55. The third kappa shape index (κ3) is 3.17. The standard InChI is InChI=1S/C12H20N2O3S/c1-12(11(16)17,8-2-3-8)14-10(15)6-9-7-18-5-4-13-9/h8-9,13H,2-7H2,1H3,(H,14,15)(H,16,17). The van der Waals surface area contributed by atoms with Crippen LogP contribution in [0.25, 0.3) is 0 Å². The highest BCUT2D eigenvalue weighted by Crippen LogP contribution is 2.39. The second-order valence-electron chi connectivity index (χ2n) is 5.26. The van der Waals surface area contributed by atoms with Crippen LogP contribution in [-0.2, 0) is 9.59 Å². The van der Waals surface area contributed by atoms with E-state index in [1.807, 2.05) is 11.8 Å². The fraction of sp³-hybridized carbons (Fsp3) is 0.833. The Hall–Kier alpha value is -0.750. The first-order chi connectivity index (χ1) is 8.52. The van der Waals surface area contributed by atoms with Gasteiger partial charge < -0.3 is 15.7 Å². The maximum Gasteiger partial charge on any atom is 0.329 e. The molecule has 0 spiro atoms. The topological polar surface area (TPSA) is 78.4 Å². The van der Waals surface area contributed by atoms with Crippen LogP contribution in [0.5, 0.6) is 0 Å². The van der Waals surface area contributed by atoms with Gasteiger partial charge >= 0.3 is 5.97 Å². The second kappa shape index (κ2) is 5.48. The van der Waals surface area contributed by atoms with Crippen LogP contribution < -0.4 is 10.6 Å². The molecule has 18 heavy (non-hydrogen) atoms. The van der Waals surface area contributed by atoms with Gasteiger partial charge in [-0.2, -0.15) is 11.8 Å². The number of hydrogen-bond acceptors (Lipinski definition) is 4. The van der Waals surface area contributed by atoms with Crippen LogP contribution in [0.3, 0.4) is 0 Å². The van der Waals surface area contributed by atoms with Crippen LogP contribution >= 0.6 is 11.8 Å². The van der Waals surface area contributed by atoms with Crippen molar-refractivity contribution in [1.82, 2.24) is 10.6 Å². The SMILES string of the molecule is CC(NC(=O)CC1CSCCN1)(C(=O)O)C1CC1. The molecule has 1 aliphatic carbocycles. The fourth-order valence-electron chi connectivity index (χ4n) is 2.31. The van der Waals surface area contributed by atoms with Crippen LogP contribution in [0.15, 0.2) is 0 Å². The summed E-state index contributed by atoms with van der Waals surface area (Å²) in [4.78, 5) is 23.2. The van der Waals surface area contributed by atoms with Gasteiger partial charge in [-0.3, -0.25) is 4.79 Å². The number of amides is 1. The zero-order valence-corrected chi connectivity index (χ0v) is 11.4. The van der Waals surface area contributed by atoms with Crippen LogP contribution in [0, 0.1) is 5.92 Å². The molecule has 0 radical (unpaired) electrons. The molecule has 2 atom stereocenters. The van der Waals surface area contributed by atoms with E-state index in [9.17, 15) is 14.7 Å². The Morgan fingerprint density at radius 2 is 2.22 bits per heavy atom. The van der Waals surface area contributed by atoms with Crippen LogP contribution in [0.2, 0.25) is 0 Å². The number of rotatable bonds is 5. The average molecular weight is 272 g/mol. The average Bonchev–Trinajstić information content (AvgIpc) is 3.13. The van der Waals surface area contributed by atoms with Gasteiger partial charge in [0.2, 0.25) is 5.91 Å². The molecule has 1 amide bonds. The highest BCUT2D eigenvalue weighted by Gasteiger charge is 2.48. The molecule has 0 aromatic heterocycles. The Balaban J connectivity index is 1.86. The van der Waals surface area contributed by atoms with E-state index in [4.69, 9.17) is 0 Å². The van der Waals surface area contributed by atoms with E-state index >= 15 is 0 Å². The maximum absolute atomic E-state index is 11.9. The summed E-state index contributed by atoms with van der Waals surface area (Å²) >= 11 is 1.83. The molecule has 2 rings (SSSR count). The van der Waals surface area contributed by atoms with Crippen molar-refractivity contribution in [1.29, 1.82) is 0 Å². The van der Waals surface area contributed by atoms with E-state index in [2.05, 4.69) is 10.6 Å². The molecule has 0 aromatic rings. The van der Waals surface area contributed by atoms with E-state index < -0.39 is 11.5 Å². The number of carbonyl (C=O) groups is 2. The Morgan fingerprint density at radius 1 is 1.50 bits per heavy atom. The lowest BCUT2D eigenvalue weighted by atomic mass is 9.95. The summed E-state index contributed by atoms with van der Waals surface area (Å²) in [6, 6.07) is 0.168. The van der Waals surface area contributed by atoms with Crippen molar-refractivity contribution in [2.24, 2.45) is 5.92 Å². The van der Waals surface area contributed by atoms with E-state index in [0.29, 0.717) is 6.42 Å². The molecule has 2 aliphatic rings. The molecule has 2 unspecified atom stereocenters. The van der Waals surface area contributed by atoms with Crippen molar-refractivity contribution in [2.75, 3.05) is 18.1 Å². The monoisotopic (exact) mass is 272 g/mol. The number of carbonyl (C=O) groups excluding carboxylic acids is 1. The van der Waals surface area contributed by atoms with Gasteiger partial charge in [0, 0.05) is 30.5 Å². The molecule has 1 aliphatic heterocycles. The molecule has 3 N–H and O–H groups in total. The third-order valence-corrected chi connectivity index (χ3v) is 4.80. The molecule has 1 heterocycles. The van der Waals surface area contributed by atoms with Crippen LogP contribution in [-0.4, -0.2) is 46.6 Å². The molecule has 6 heteroatoms. The summed E-state index contributed by atoms with van der Waals surface area (Å²) < 4.78 is 0. The lowest BCUT2D eigenvalue weighted by Gasteiger charge is -2.28. The largest absolute Gasteiger partial charge is 0.480 e. The van der Waals surface area contributed by atoms with Gasteiger partial charge in [0.15, 0.2) is 0 Å². The summed E-state index contributed by atoms with van der Waals surface area (Å²) in [5, 5.41) is 15.3. The van der Waals surface area contributed by atoms with Gasteiger partial charge in [-0.15, -0.1) is 0 Å². The predicted molar refractivity (Wildman–Crippen MR) is 70.6 cm³/mol. The molecule has 0 bridgehead atoms. The van der Waals surface area contributed by atoms with E-state index in [1.54, 1.807) is 6.92 Å². The number of hydrogen-bond donors (Lipinski definition) is 3. The zero-order valence-electron chi connectivity index (χ0n) is 10.6. The Labute approximate surface area is 111 Å². The van der Waals surface area contributed by atoms with E-state index in [-0.39, 0.29) is 17.9 Å². The highest BCUT2D eigenvalue weighted by atomic mass is 32.2. The zero-order chi connectivity index (χ0) is 13.2. The van der Waals surface area contributed by atoms with Crippen molar-refractivity contribution >= 4 is 23.6 Å². The van der Waals surface area contributed by atoms with E-state index in [1.165, 1.54) is 0 Å². The number of aliphatic carboxylic acids is 1. The normalized spacial score (nSPS) is 27.3. The van der Waals surface area contributed by atoms with Crippen molar-refractivity contribution < 1.29 is 14.7 Å². The van der Waals surface area contributed by atoms with Gasteiger partial charge in [0.1, 0.15) is 5.54 Å². The third-order valence-electron chi connectivity index (χ3n) is 3.67. The predicted octanol–water partition coefficient (Wildman–Crippen LogP) is 0.451. The molecular formula is C12H20N2O3S. The number of thioether (sulfide) groups is 1. The summed E-state index contributed by atoms with van der Waals surface area (Å²) in [6.45, 7) is 2.54. The first-order valence-electron chi connectivity index (χ1n) is 6.38.